The third kappa shape index (κ3) is 9.36. The minimum absolute atomic E-state index is 0.0141. The lowest BCUT2D eigenvalue weighted by Gasteiger charge is -2.41. The van der Waals surface area contributed by atoms with Gasteiger partial charge < -0.3 is 33.7 Å². The number of hydrogen-bond acceptors (Lipinski definition) is 11. The highest BCUT2D eigenvalue weighted by Crippen LogP contribution is 2.29. The Morgan fingerprint density at radius 2 is 1.67 bits per heavy atom. The standard InChI is InChI=1S/C21H28F3NO11/c1-6-7-32-13-8-14(19(29)31-5)36-18(16(13)25-20(30)21(22,23)24)17(35-12(4)28)15(34-11(3)27)9-33-10(2)26/h8,13,15-18H,6-7,9H2,1-5H3,(H,25,30)/t13-,15-,16-,17-,18-/m1/s1. The van der Waals surface area contributed by atoms with Crippen molar-refractivity contribution in [2.24, 2.45) is 0 Å². The van der Waals surface area contributed by atoms with Crippen LogP contribution in [0.15, 0.2) is 11.8 Å². The van der Waals surface area contributed by atoms with Gasteiger partial charge in [0.15, 0.2) is 18.3 Å². The van der Waals surface area contributed by atoms with Gasteiger partial charge in [-0.25, -0.2) is 4.79 Å². The fraction of sp³-hybridized carbons (Fsp3) is 0.667. The molecule has 1 heterocycles. The van der Waals surface area contributed by atoms with E-state index in [1.807, 2.05) is 0 Å². The van der Waals surface area contributed by atoms with Crippen LogP contribution in [0.3, 0.4) is 0 Å². The van der Waals surface area contributed by atoms with Crippen LogP contribution in [0, 0.1) is 0 Å². The molecule has 204 valence electrons. The van der Waals surface area contributed by atoms with Crippen molar-refractivity contribution in [2.75, 3.05) is 20.3 Å². The molecule has 0 aliphatic carbocycles. The van der Waals surface area contributed by atoms with E-state index in [9.17, 15) is 37.1 Å². The molecular formula is C21H28F3NO11. The van der Waals surface area contributed by atoms with E-state index in [0.717, 1.165) is 34.0 Å². The number of esters is 4. The van der Waals surface area contributed by atoms with Gasteiger partial charge in [0.2, 0.25) is 5.76 Å². The van der Waals surface area contributed by atoms with Crippen LogP contribution in [-0.2, 0) is 52.4 Å². The van der Waals surface area contributed by atoms with Gasteiger partial charge in [0.1, 0.15) is 12.7 Å². The first kappa shape index (κ1) is 30.7. The van der Waals surface area contributed by atoms with Crippen molar-refractivity contribution < 1.29 is 65.6 Å². The van der Waals surface area contributed by atoms with Crippen LogP contribution in [0.1, 0.15) is 34.1 Å². The van der Waals surface area contributed by atoms with Gasteiger partial charge in [-0.05, 0) is 12.5 Å². The lowest BCUT2D eigenvalue weighted by atomic mass is 9.93. The number of alkyl halides is 3. The van der Waals surface area contributed by atoms with Crippen LogP contribution >= 0.6 is 0 Å². The van der Waals surface area contributed by atoms with Crippen LogP contribution in [0.2, 0.25) is 0 Å². The molecule has 0 fully saturated rings. The monoisotopic (exact) mass is 527 g/mol. The summed E-state index contributed by atoms with van der Waals surface area (Å²) in [5, 5.41) is 1.72. The topological polar surface area (TPSA) is 153 Å². The molecule has 36 heavy (non-hydrogen) atoms. The predicted octanol–water partition coefficient (Wildman–Crippen LogP) is 0.711. The highest BCUT2D eigenvalue weighted by atomic mass is 19.4. The van der Waals surface area contributed by atoms with Crippen LogP contribution in [0.25, 0.3) is 0 Å². The number of hydrogen-bond donors (Lipinski definition) is 1. The highest BCUT2D eigenvalue weighted by Gasteiger charge is 2.51. The first-order valence-corrected chi connectivity index (χ1v) is 10.6. The van der Waals surface area contributed by atoms with Crippen molar-refractivity contribution in [3.05, 3.63) is 11.8 Å². The Morgan fingerprint density at radius 1 is 1.06 bits per heavy atom. The Bertz CT molecular complexity index is 859. The molecule has 0 saturated carbocycles. The first-order chi connectivity index (χ1) is 16.7. The van der Waals surface area contributed by atoms with Gasteiger partial charge in [-0.1, -0.05) is 6.92 Å². The van der Waals surface area contributed by atoms with Gasteiger partial charge in [0, 0.05) is 27.4 Å². The number of carbonyl (C=O) groups is 5. The van der Waals surface area contributed by atoms with E-state index in [0.29, 0.717) is 6.42 Å². The van der Waals surface area contributed by atoms with Gasteiger partial charge in [-0.3, -0.25) is 19.2 Å². The zero-order valence-electron chi connectivity index (χ0n) is 20.2. The number of nitrogens with one attached hydrogen (secondary N) is 1. The normalized spacial score (nSPS) is 21.1. The summed E-state index contributed by atoms with van der Waals surface area (Å²) in [6, 6.07) is -1.72. The Kier molecular flexibility index (Phi) is 11.6. The molecule has 0 unspecified atom stereocenters. The molecule has 0 spiro atoms. The molecular weight excluding hydrogens is 499 g/mol. The number of halogens is 3. The van der Waals surface area contributed by atoms with Gasteiger partial charge in [-0.15, -0.1) is 0 Å². The van der Waals surface area contributed by atoms with E-state index in [1.165, 1.54) is 0 Å². The van der Waals surface area contributed by atoms with E-state index in [1.54, 1.807) is 12.2 Å². The minimum atomic E-state index is -5.32. The van der Waals surface area contributed by atoms with Crippen molar-refractivity contribution >= 4 is 29.8 Å². The molecule has 1 aliphatic heterocycles. The van der Waals surface area contributed by atoms with Gasteiger partial charge in [0.05, 0.1) is 13.2 Å². The third-order valence-electron chi connectivity index (χ3n) is 4.50. The van der Waals surface area contributed by atoms with E-state index < -0.39 is 78.8 Å². The lowest BCUT2D eigenvalue weighted by molar-refractivity contribution is -0.194. The predicted molar refractivity (Wildman–Crippen MR) is 111 cm³/mol. The number of amides is 1. The molecule has 1 amide bonds. The van der Waals surface area contributed by atoms with E-state index in [-0.39, 0.29) is 6.61 Å². The summed E-state index contributed by atoms with van der Waals surface area (Å²) in [4.78, 5) is 59.1. The molecule has 1 aliphatic rings. The maximum absolute atomic E-state index is 13.1. The average molecular weight is 527 g/mol. The summed E-state index contributed by atoms with van der Waals surface area (Å²) in [7, 11) is 1.01. The zero-order chi connectivity index (χ0) is 27.6. The van der Waals surface area contributed by atoms with Crippen molar-refractivity contribution in [2.45, 2.75) is 70.7 Å². The molecule has 5 atom stereocenters. The van der Waals surface area contributed by atoms with Crippen LogP contribution < -0.4 is 5.32 Å². The molecule has 0 aromatic carbocycles. The second-order valence-corrected chi connectivity index (χ2v) is 7.46. The largest absolute Gasteiger partial charge is 0.477 e. The highest BCUT2D eigenvalue weighted by molar-refractivity contribution is 5.87. The molecule has 15 heteroatoms. The average Bonchev–Trinajstić information content (AvgIpc) is 2.77. The van der Waals surface area contributed by atoms with E-state index in [4.69, 9.17) is 23.7 Å². The molecule has 1 N–H and O–H groups in total. The summed E-state index contributed by atoms with van der Waals surface area (Å²) in [5.74, 6) is -6.72. The van der Waals surface area contributed by atoms with Crippen LogP contribution in [0.4, 0.5) is 13.2 Å². The van der Waals surface area contributed by atoms with Crippen molar-refractivity contribution in [1.29, 1.82) is 0 Å². The van der Waals surface area contributed by atoms with Crippen LogP contribution in [0.5, 0.6) is 0 Å². The fourth-order valence-corrected chi connectivity index (χ4v) is 3.15. The third-order valence-corrected chi connectivity index (χ3v) is 4.50. The number of ether oxygens (including phenoxy) is 6. The molecule has 0 bridgehead atoms. The summed E-state index contributed by atoms with van der Waals surface area (Å²) < 4.78 is 70.2. The maximum atomic E-state index is 13.1. The number of methoxy groups -OCH3 is 1. The van der Waals surface area contributed by atoms with Crippen molar-refractivity contribution in [1.82, 2.24) is 5.32 Å². The zero-order valence-corrected chi connectivity index (χ0v) is 20.2. The lowest BCUT2D eigenvalue weighted by Crippen LogP contribution is -2.63. The molecule has 0 saturated heterocycles. The molecule has 0 aromatic heterocycles. The van der Waals surface area contributed by atoms with Gasteiger partial charge in [-0.2, -0.15) is 13.2 Å². The Hall–Kier alpha value is -3.36. The first-order valence-electron chi connectivity index (χ1n) is 10.6. The minimum Gasteiger partial charge on any atom is -0.477 e. The Labute approximate surface area is 204 Å². The van der Waals surface area contributed by atoms with Gasteiger partial charge >= 0.3 is 36.0 Å². The second kappa shape index (κ2) is 13.7. The summed E-state index contributed by atoms with van der Waals surface area (Å²) >= 11 is 0. The Morgan fingerprint density at radius 3 is 2.14 bits per heavy atom. The quantitative estimate of drug-likeness (QED) is 0.299. The van der Waals surface area contributed by atoms with E-state index in [2.05, 4.69) is 4.74 Å². The smallest absolute Gasteiger partial charge is 0.471 e. The second-order valence-electron chi connectivity index (χ2n) is 7.46. The van der Waals surface area contributed by atoms with Crippen molar-refractivity contribution in [3.8, 4) is 0 Å². The summed E-state index contributed by atoms with van der Waals surface area (Å²) in [6.07, 6.45) is -10.5. The molecule has 1 rings (SSSR count). The fourth-order valence-electron chi connectivity index (χ4n) is 3.15. The summed E-state index contributed by atoms with van der Waals surface area (Å²) in [5.41, 5.74) is 0. The SMILES string of the molecule is CCCO[C@@H]1C=C(C(=O)OC)O[C@@H]([C@H](OC(C)=O)[C@@H](COC(C)=O)OC(C)=O)[C@@H]1NC(=O)C(F)(F)F. The summed E-state index contributed by atoms with van der Waals surface area (Å²) in [6.45, 7) is 3.93. The van der Waals surface area contributed by atoms with Gasteiger partial charge in [0.25, 0.3) is 0 Å². The molecule has 0 aromatic rings. The van der Waals surface area contributed by atoms with Crippen LogP contribution in [-0.4, -0.2) is 86.7 Å². The number of carbonyl (C=O) groups excluding carboxylic acids is 5. The van der Waals surface area contributed by atoms with E-state index >= 15 is 0 Å². The molecule has 0 radical (unpaired) electrons. The number of rotatable bonds is 11. The maximum Gasteiger partial charge on any atom is 0.471 e. The molecule has 12 nitrogen and oxygen atoms in total. The Balaban J connectivity index is 3.66. The van der Waals surface area contributed by atoms with Crippen molar-refractivity contribution in [3.63, 3.8) is 0 Å².